The van der Waals surface area contributed by atoms with Crippen molar-refractivity contribution in [3.63, 3.8) is 0 Å². The first-order chi connectivity index (χ1) is 11.8. The van der Waals surface area contributed by atoms with Crippen LogP contribution in [0.25, 0.3) is 0 Å². The minimum atomic E-state index is 0.331. The SMILES string of the molecule is O=C(CS)CCC1CCCCCCCCCCCCCCCCC1. The quantitative estimate of drug-likeness (QED) is 0.516. The average molecular weight is 355 g/mol. The number of rotatable bonds is 4. The van der Waals surface area contributed by atoms with Crippen LogP contribution in [-0.2, 0) is 4.79 Å². The zero-order valence-corrected chi connectivity index (χ0v) is 17.0. The number of hydrogen-bond donors (Lipinski definition) is 1. The van der Waals surface area contributed by atoms with Crippen LogP contribution in [0.15, 0.2) is 0 Å². The zero-order chi connectivity index (χ0) is 17.3. The Hall–Kier alpha value is 0.0200. The van der Waals surface area contributed by atoms with Crippen molar-refractivity contribution in [3.8, 4) is 0 Å². The second-order valence-corrected chi connectivity index (χ2v) is 8.30. The third kappa shape index (κ3) is 13.3. The fourth-order valence-corrected chi connectivity index (χ4v) is 4.20. The molecule has 0 aliphatic heterocycles. The van der Waals surface area contributed by atoms with Crippen molar-refractivity contribution in [3.05, 3.63) is 0 Å². The molecule has 0 aromatic rings. The van der Waals surface area contributed by atoms with E-state index in [9.17, 15) is 4.79 Å². The Bertz CT molecular complexity index is 272. The molecule has 0 aromatic heterocycles. The van der Waals surface area contributed by atoms with Gasteiger partial charge in [0.1, 0.15) is 5.78 Å². The first kappa shape index (κ1) is 22.1. The smallest absolute Gasteiger partial charge is 0.142 e. The van der Waals surface area contributed by atoms with Crippen LogP contribution in [0.5, 0.6) is 0 Å². The summed E-state index contributed by atoms with van der Waals surface area (Å²) in [4.78, 5) is 11.6. The van der Waals surface area contributed by atoms with E-state index in [1.165, 1.54) is 109 Å². The number of hydrogen-bond acceptors (Lipinski definition) is 2. The molecule has 1 saturated carbocycles. The van der Waals surface area contributed by atoms with Gasteiger partial charge in [-0.15, -0.1) is 0 Å². The normalized spacial score (nSPS) is 21.7. The van der Waals surface area contributed by atoms with Crippen LogP contribution in [0.3, 0.4) is 0 Å². The predicted octanol–water partition coefficient (Wildman–Crippen LogP) is 7.53. The Balaban J connectivity index is 2.27. The van der Waals surface area contributed by atoms with Crippen molar-refractivity contribution in [1.82, 2.24) is 0 Å². The van der Waals surface area contributed by atoms with Gasteiger partial charge < -0.3 is 0 Å². The van der Waals surface area contributed by atoms with Gasteiger partial charge in [0.25, 0.3) is 0 Å². The van der Waals surface area contributed by atoms with E-state index in [-0.39, 0.29) is 0 Å². The molecule has 0 radical (unpaired) electrons. The summed E-state index contributed by atoms with van der Waals surface area (Å²) < 4.78 is 0. The predicted molar refractivity (Wildman–Crippen MR) is 110 cm³/mol. The molecule has 24 heavy (non-hydrogen) atoms. The molecule has 1 nitrogen and oxygen atoms in total. The van der Waals surface area contributed by atoms with Gasteiger partial charge in [-0.25, -0.2) is 0 Å². The number of thiol groups is 1. The molecule has 0 amide bonds. The Morgan fingerprint density at radius 3 is 1.29 bits per heavy atom. The Kier molecular flexibility index (Phi) is 15.2. The lowest BCUT2D eigenvalue weighted by Crippen LogP contribution is -2.07. The highest BCUT2D eigenvalue weighted by atomic mass is 32.1. The second kappa shape index (κ2) is 16.5. The third-order valence-electron chi connectivity index (χ3n) is 5.73. The first-order valence-corrected chi connectivity index (χ1v) is 11.6. The summed E-state index contributed by atoms with van der Waals surface area (Å²) in [5.41, 5.74) is 0. The Labute approximate surface area is 157 Å². The molecule has 1 fully saturated rings. The molecule has 0 spiro atoms. The second-order valence-electron chi connectivity index (χ2n) is 7.98. The maximum absolute atomic E-state index is 11.6. The summed E-state index contributed by atoms with van der Waals surface area (Å²) in [7, 11) is 0. The zero-order valence-electron chi connectivity index (χ0n) is 16.1. The van der Waals surface area contributed by atoms with Crippen LogP contribution in [0.4, 0.5) is 0 Å². The van der Waals surface area contributed by atoms with E-state index in [2.05, 4.69) is 12.6 Å². The van der Waals surface area contributed by atoms with Crippen molar-refractivity contribution >= 4 is 18.4 Å². The highest BCUT2D eigenvalue weighted by Gasteiger charge is 2.11. The molecule has 0 unspecified atom stereocenters. The van der Waals surface area contributed by atoms with Gasteiger partial charge in [0.15, 0.2) is 0 Å². The molecule has 1 aliphatic carbocycles. The van der Waals surface area contributed by atoms with Gasteiger partial charge >= 0.3 is 0 Å². The van der Waals surface area contributed by atoms with Gasteiger partial charge in [-0.1, -0.05) is 109 Å². The lowest BCUT2D eigenvalue weighted by molar-refractivity contribution is -0.116. The molecule has 1 rings (SSSR count). The van der Waals surface area contributed by atoms with Crippen molar-refractivity contribution in [2.45, 2.75) is 122 Å². The van der Waals surface area contributed by atoms with Crippen LogP contribution in [0.1, 0.15) is 122 Å². The number of Topliss-reactive ketones (excluding diaryl/α,β-unsaturated/α-hetero) is 1. The van der Waals surface area contributed by atoms with Crippen molar-refractivity contribution < 1.29 is 4.79 Å². The van der Waals surface area contributed by atoms with E-state index < -0.39 is 0 Å². The summed E-state index contributed by atoms with van der Waals surface area (Å²) in [6, 6.07) is 0. The largest absolute Gasteiger partial charge is 0.299 e. The van der Waals surface area contributed by atoms with Gasteiger partial charge in [-0.05, 0) is 12.3 Å². The van der Waals surface area contributed by atoms with E-state index >= 15 is 0 Å². The maximum Gasteiger partial charge on any atom is 0.142 e. The molecule has 0 heterocycles. The molecule has 142 valence electrons. The van der Waals surface area contributed by atoms with Gasteiger partial charge in [0.2, 0.25) is 0 Å². The molecule has 2 heteroatoms. The fraction of sp³-hybridized carbons (Fsp3) is 0.955. The van der Waals surface area contributed by atoms with Crippen LogP contribution in [-0.4, -0.2) is 11.5 Å². The van der Waals surface area contributed by atoms with Crippen LogP contribution in [0, 0.1) is 5.92 Å². The van der Waals surface area contributed by atoms with E-state index in [1.807, 2.05) is 0 Å². The number of carbonyl (C=O) groups excluding carboxylic acids is 1. The highest BCUT2D eigenvalue weighted by molar-refractivity contribution is 7.81. The average Bonchev–Trinajstić information content (AvgIpc) is 2.60. The first-order valence-electron chi connectivity index (χ1n) is 11.0. The van der Waals surface area contributed by atoms with Crippen molar-refractivity contribution in [2.75, 3.05) is 5.75 Å². The van der Waals surface area contributed by atoms with Gasteiger partial charge in [-0.2, -0.15) is 12.6 Å². The summed E-state index contributed by atoms with van der Waals surface area (Å²) in [6.07, 6.45) is 26.0. The van der Waals surface area contributed by atoms with E-state index in [0.717, 1.165) is 18.8 Å². The molecule has 0 atom stereocenters. The summed E-state index contributed by atoms with van der Waals surface area (Å²) >= 11 is 4.12. The number of ketones is 1. The van der Waals surface area contributed by atoms with Crippen LogP contribution >= 0.6 is 12.6 Å². The monoisotopic (exact) mass is 354 g/mol. The van der Waals surface area contributed by atoms with Crippen molar-refractivity contribution in [1.29, 1.82) is 0 Å². The van der Waals surface area contributed by atoms with Crippen molar-refractivity contribution in [2.24, 2.45) is 5.92 Å². The topological polar surface area (TPSA) is 17.1 Å². The molecule has 0 aromatic carbocycles. The standard InChI is InChI=1S/C22H42OS/c23-22(20-24)19-18-21-16-14-12-10-8-6-4-2-1-3-5-7-9-11-13-15-17-21/h21,24H,1-20H2. The molecule has 1 aliphatic rings. The van der Waals surface area contributed by atoms with Crippen LogP contribution < -0.4 is 0 Å². The fourth-order valence-electron chi connectivity index (χ4n) is 4.04. The summed E-state index contributed by atoms with van der Waals surface area (Å²) in [6.45, 7) is 0. The third-order valence-corrected chi connectivity index (χ3v) is 6.09. The molecular formula is C22H42OS. The lowest BCUT2D eigenvalue weighted by atomic mass is 9.89. The Morgan fingerprint density at radius 2 is 0.958 bits per heavy atom. The van der Waals surface area contributed by atoms with Gasteiger partial charge in [0, 0.05) is 12.2 Å². The van der Waals surface area contributed by atoms with Crippen LogP contribution in [0.2, 0.25) is 0 Å². The minimum absolute atomic E-state index is 0.331. The lowest BCUT2D eigenvalue weighted by Gasteiger charge is -2.16. The molecule has 0 bridgehead atoms. The summed E-state index contributed by atoms with van der Waals surface area (Å²) in [5.74, 6) is 1.54. The van der Waals surface area contributed by atoms with Gasteiger partial charge in [0.05, 0.1) is 0 Å². The minimum Gasteiger partial charge on any atom is -0.299 e. The molecular weight excluding hydrogens is 312 g/mol. The van der Waals surface area contributed by atoms with E-state index in [0.29, 0.717) is 11.5 Å². The van der Waals surface area contributed by atoms with Gasteiger partial charge in [-0.3, -0.25) is 4.79 Å². The molecule has 0 N–H and O–H groups in total. The summed E-state index contributed by atoms with van der Waals surface area (Å²) in [5, 5.41) is 0. The maximum atomic E-state index is 11.6. The Morgan fingerprint density at radius 1 is 0.625 bits per heavy atom. The van der Waals surface area contributed by atoms with E-state index in [1.54, 1.807) is 0 Å². The number of carbonyl (C=O) groups is 1. The van der Waals surface area contributed by atoms with E-state index in [4.69, 9.17) is 0 Å². The highest BCUT2D eigenvalue weighted by Crippen LogP contribution is 2.24. The molecule has 0 saturated heterocycles.